The Hall–Kier alpha value is -0.580. The highest BCUT2D eigenvalue weighted by atomic mass is 79.9. The van der Waals surface area contributed by atoms with Gasteiger partial charge in [0.25, 0.3) is 0 Å². The van der Waals surface area contributed by atoms with Crippen LogP contribution in [0.15, 0.2) is 22.7 Å². The number of rotatable bonds is 4. The first-order chi connectivity index (χ1) is 8.27. The van der Waals surface area contributed by atoms with Gasteiger partial charge in [-0.2, -0.15) is 0 Å². The van der Waals surface area contributed by atoms with Gasteiger partial charge in [0.2, 0.25) is 0 Å². The number of benzene rings is 1. The van der Waals surface area contributed by atoms with E-state index in [1.54, 1.807) is 0 Å². The molecule has 3 nitrogen and oxygen atoms in total. The summed E-state index contributed by atoms with van der Waals surface area (Å²) in [5.74, 6) is 0.733. The lowest BCUT2D eigenvalue weighted by atomic mass is 9.82. The van der Waals surface area contributed by atoms with Gasteiger partial charge in [0, 0.05) is 10.0 Å². The van der Waals surface area contributed by atoms with E-state index in [4.69, 9.17) is 10.5 Å². The number of aliphatic hydroxyl groups is 1. The number of aliphatic hydroxyl groups excluding tert-OH is 1. The molecule has 1 aromatic rings. The molecular formula is C14H22BrNO2. The van der Waals surface area contributed by atoms with Gasteiger partial charge in [-0.15, -0.1) is 0 Å². The van der Waals surface area contributed by atoms with Crippen molar-refractivity contribution in [2.75, 3.05) is 6.61 Å². The fourth-order valence-electron chi connectivity index (χ4n) is 1.78. The number of nitrogens with two attached hydrogens (primary N) is 1. The molecule has 1 aromatic carbocycles. The molecule has 0 saturated carbocycles. The van der Waals surface area contributed by atoms with Crippen molar-refractivity contribution in [1.82, 2.24) is 0 Å². The van der Waals surface area contributed by atoms with Crippen LogP contribution in [0.25, 0.3) is 0 Å². The maximum absolute atomic E-state index is 10.3. The van der Waals surface area contributed by atoms with Crippen LogP contribution in [0, 0.1) is 5.41 Å². The Morgan fingerprint density at radius 3 is 2.50 bits per heavy atom. The minimum Gasteiger partial charge on any atom is -0.494 e. The lowest BCUT2D eigenvalue weighted by Crippen LogP contribution is -2.37. The summed E-state index contributed by atoms with van der Waals surface area (Å²) >= 11 is 3.42. The van der Waals surface area contributed by atoms with Crippen LogP contribution in [0.4, 0.5) is 0 Å². The van der Waals surface area contributed by atoms with E-state index in [0.717, 1.165) is 15.8 Å². The van der Waals surface area contributed by atoms with Gasteiger partial charge in [-0.05, 0) is 30.5 Å². The molecule has 0 aliphatic rings. The quantitative estimate of drug-likeness (QED) is 0.896. The van der Waals surface area contributed by atoms with E-state index in [2.05, 4.69) is 15.9 Å². The van der Waals surface area contributed by atoms with Crippen molar-refractivity contribution in [2.45, 2.75) is 39.8 Å². The Kier molecular flexibility index (Phi) is 5.20. The van der Waals surface area contributed by atoms with Crippen molar-refractivity contribution in [3.05, 3.63) is 28.2 Å². The van der Waals surface area contributed by atoms with E-state index in [-0.39, 0.29) is 5.41 Å². The molecular weight excluding hydrogens is 294 g/mol. The second kappa shape index (κ2) is 6.04. The Balaban J connectivity index is 3.10. The highest BCUT2D eigenvalue weighted by molar-refractivity contribution is 9.10. The molecule has 0 bridgehead atoms. The fourth-order valence-corrected chi connectivity index (χ4v) is 2.15. The van der Waals surface area contributed by atoms with Crippen LogP contribution in [0.2, 0.25) is 0 Å². The predicted molar refractivity (Wildman–Crippen MR) is 77.7 cm³/mol. The molecule has 0 aliphatic heterocycles. The summed E-state index contributed by atoms with van der Waals surface area (Å²) < 4.78 is 6.49. The smallest absolute Gasteiger partial charge is 0.124 e. The van der Waals surface area contributed by atoms with Gasteiger partial charge in [0.15, 0.2) is 0 Å². The molecule has 0 amide bonds. The van der Waals surface area contributed by atoms with Gasteiger partial charge in [0.05, 0.1) is 18.8 Å². The molecule has 0 spiro atoms. The molecule has 0 heterocycles. The summed E-state index contributed by atoms with van der Waals surface area (Å²) in [4.78, 5) is 0. The van der Waals surface area contributed by atoms with E-state index in [1.165, 1.54) is 0 Å². The highest BCUT2D eigenvalue weighted by Gasteiger charge is 2.30. The van der Waals surface area contributed by atoms with Crippen LogP contribution in [-0.4, -0.2) is 17.8 Å². The summed E-state index contributed by atoms with van der Waals surface area (Å²) in [5, 5.41) is 10.3. The van der Waals surface area contributed by atoms with E-state index >= 15 is 0 Å². The van der Waals surface area contributed by atoms with Crippen LogP contribution >= 0.6 is 15.9 Å². The molecule has 102 valence electrons. The zero-order valence-corrected chi connectivity index (χ0v) is 13.0. The van der Waals surface area contributed by atoms with Crippen LogP contribution in [-0.2, 0) is 0 Å². The molecule has 1 rings (SSSR count). The fraction of sp³-hybridized carbons (Fsp3) is 0.571. The largest absolute Gasteiger partial charge is 0.494 e. The lowest BCUT2D eigenvalue weighted by molar-refractivity contribution is 0.0393. The molecule has 0 aromatic heterocycles. The first kappa shape index (κ1) is 15.5. The first-order valence-corrected chi connectivity index (χ1v) is 6.92. The SMILES string of the molecule is CCOc1ccc(Br)cc1[C@@H](N)[C@@H](O)C(C)(C)C. The lowest BCUT2D eigenvalue weighted by Gasteiger charge is -2.31. The summed E-state index contributed by atoms with van der Waals surface area (Å²) in [7, 11) is 0. The minimum absolute atomic E-state index is 0.273. The second-order valence-corrected chi connectivity index (χ2v) is 6.37. The van der Waals surface area contributed by atoms with Crippen LogP contribution in [0.5, 0.6) is 5.75 Å². The third kappa shape index (κ3) is 3.70. The predicted octanol–water partition coefficient (Wildman–Crippen LogP) is 3.25. The van der Waals surface area contributed by atoms with Crippen molar-refractivity contribution in [1.29, 1.82) is 0 Å². The van der Waals surface area contributed by atoms with Crippen LogP contribution in [0.1, 0.15) is 39.3 Å². The molecule has 4 heteroatoms. The van der Waals surface area contributed by atoms with E-state index in [9.17, 15) is 5.11 Å². The Morgan fingerprint density at radius 2 is 2.00 bits per heavy atom. The van der Waals surface area contributed by atoms with Gasteiger partial charge in [0.1, 0.15) is 5.75 Å². The third-order valence-electron chi connectivity index (χ3n) is 2.86. The molecule has 0 radical (unpaired) electrons. The molecule has 0 fully saturated rings. The molecule has 0 unspecified atom stereocenters. The van der Waals surface area contributed by atoms with Crippen molar-refractivity contribution in [2.24, 2.45) is 11.1 Å². The topological polar surface area (TPSA) is 55.5 Å². The molecule has 0 saturated heterocycles. The van der Waals surface area contributed by atoms with Crippen molar-refractivity contribution in [3.63, 3.8) is 0 Å². The van der Waals surface area contributed by atoms with Gasteiger partial charge < -0.3 is 15.6 Å². The second-order valence-electron chi connectivity index (χ2n) is 5.45. The summed E-state index contributed by atoms with van der Waals surface area (Å²) in [6, 6.07) is 5.22. The van der Waals surface area contributed by atoms with Gasteiger partial charge in [-0.25, -0.2) is 0 Å². The van der Waals surface area contributed by atoms with Crippen LogP contribution < -0.4 is 10.5 Å². The molecule has 2 atom stereocenters. The number of halogens is 1. The van der Waals surface area contributed by atoms with Gasteiger partial charge in [-0.3, -0.25) is 0 Å². The van der Waals surface area contributed by atoms with E-state index in [1.807, 2.05) is 45.9 Å². The Labute approximate surface area is 117 Å². The van der Waals surface area contributed by atoms with Crippen LogP contribution in [0.3, 0.4) is 0 Å². The normalized spacial score (nSPS) is 15.3. The maximum atomic E-state index is 10.3. The zero-order valence-electron chi connectivity index (χ0n) is 11.4. The summed E-state index contributed by atoms with van der Waals surface area (Å²) in [6.07, 6.45) is -0.633. The van der Waals surface area contributed by atoms with Gasteiger partial charge >= 0.3 is 0 Å². The summed E-state index contributed by atoms with van der Waals surface area (Å²) in [6.45, 7) is 8.41. The van der Waals surface area contributed by atoms with Crippen molar-refractivity contribution in [3.8, 4) is 5.75 Å². The zero-order chi connectivity index (χ0) is 13.9. The maximum Gasteiger partial charge on any atom is 0.124 e. The average Bonchev–Trinajstić information content (AvgIpc) is 2.28. The molecule has 3 N–H and O–H groups in total. The van der Waals surface area contributed by atoms with Gasteiger partial charge in [-0.1, -0.05) is 36.7 Å². The monoisotopic (exact) mass is 315 g/mol. The van der Waals surface area contributed by atoms with Crippen molar-refractivity contribution >= 4 is 15.9 Å². The standard InChI is InChI=1S/C14H22BrNO2/c1-5-18-11-7-6-9(15)8-10(11)12(16)13(17)14(2,3)4/h6-8,12-13,17H,5,16H2,1-4H3/t12-,13-/m1/s1. The number of hydrogen-bond acceptors (Lipinski definition) is 3. The molecule has 0 aliphatic carbocycles. The van der Waals surface area contributed by atoms with E-state index in [0.29, 0.717) is 6.61 Å². The number of hydrogen-bond donors (Lipinski definition) is 2. The van der Waals surface area contributed by atoms with Crippen molar-refractivity contribution < 1.29 is 9.84 Å². The Bertz CT molecular complexity index is 401. The molecule has 18 heavy (non-hydrogen) atoms. The Morgan fingerprint density at radius 1 is 1.39 bits per heavy atom. The third-order valence-corrected chi connectivity index (χ3v) is 3.35. The average molecular weight is 316 g/mol. The minimum atomic E-state index is -0.633. The summed E-state index contributed by atoms with van der Waals surface area (Å²) in [5.41, 5.74) is 6.73. The first-order valence-electron chi connectivity index (χ1n) is 6.13. The highest BCUT2D eigenvalue weighted by Crippen LogP contribution is 2.34. The van der Waals surface area contributed by atoms with E-state index < -0.39 is 12.1 Å². The number of ether oxygens (including phenoxy) is 1.